The molecule has 0 amide bonds. The van der Waals surface area contributed by atoms with Gasteiger partial charge in [-0.25, -0.2) is 0 Å². The second kappa shape index (κ2) is 5.92. The third kappa shape index (κ3) is 3.37. The highest BCUT2D eigenvalue weighted by Crippen LogP contribution is 2.35. The van der Waals surface area contributed by atoms with Crippen LogP contribution in [0.2, 0.25) is 0 Å². The minimum absolute atomic E-state index is 0.107. The zero-order valence-electron chi connectivity index (χ0n) is 11.4. The van der Waals surface area contributed by atoms with Gasteiger partial charge in [0.05, 0.1) is 14.2 Å². The Labute approximate surface area is 104 Å². The van der Waals surface area contributed by atoms with Crippen molar-refractivity contribution >= 4 is 0 Å². The van der Waals surface area contributed by atoms with Gasteiger partial charge in [0.2, 0.25) is 0 Å². The van der Waals surface area contributed by atoms with Crippen LogP contribution in [0.1, 0.15) is 37.8 Å². The van der Waals surface area contributed by atoms with Crippen LogP contribution in [-0.4, -0.2) is 20.3 Å². The largest absolute Gasteiger partial charge is 0.493 e. The highest BCUT2D eigenvalue weighted by Gasteiger charge is 2.14. The minimum atomic E-state index is 0.107. The molecule has 2 N–H and O–H groups in total. The summed E-state index contributed by atoms with van der Waals surface area (Å²) in [6.45, 7) is 6.32. The number of hydrogen-bond donors (Lipinski definition) is 1. The number of rotatable bonds is 5. The van der Waals surface area contributed by atoms with E-state index in [0.29, 0.717) is 5.92 Å². The van der Waals surface area contributed by atoms with Crippen molar-refractivity contribution in [3.63, 3.8) is 0 Å². The molecule has 0 spiro atoms. The third-order valence-corrected chi connectivity index (χ3v) is 2.79. The number of benzene rings is 1. The van der Waals surface area contributed by atoms with Gasteiger partial charge in [0.15, 0.2) is 11.5 Å². The Morgan fingerprint density at radius 1 is 1.12 bits per heavy atom. The highest BCUT2D eigenvalue weighted by molar-refractivity contribution is 5.50. The summed E-state index contributed by atoms with van der Waals surface area (Å²) in [6.07, 6.45) is 0.792. The van der Waals surface area contributed by atoms with E-state index in [4.69, 9.17) is 15.2 Å². The van der Waals surface area contributed by atoms with Crippen LogP contribution in [0, 0.1) is 0 Å². The molecule has 17 heavy (non-hydrogen) atoms. The first-order chi connectivity index (χ1) is 7.99. The second-order valence-electron chi connectivity index (χ2n) is 4.75. The molecule has 1 unspecified atom stereocenters. The summed E-state index contributed by atoms with van der Waals surface area (Å²) in [5, 5.41) is 0. The molecule has 0 radical (unpaired) electrons. The van der Waals surface area contributed by atoms with Crippen molar-refractivity contribution in [1.82, 2.24) is 0 Å². The molecule has 0 saturated heterocycles. The predicted molar refractivity (Wildman–Crippen MR) is 71.0 cm³/mol. The molecule has 0 aliphatic carbocycles. The van der Waals surface area contributed by atoms with Crippen LogP contribution < -0.4 is 15.2 Å². The fraction of sp³-hybridized carbons (Fsp3) is 0.571. The lowest BCUT2D eigenvalue weighted by Crippen LogP contribution is -2.18. The Bertz CT molecular complexity index is 373. The van der Waals surface area contributed by atoms with Crippen LogP contribution in [0.3, 0.4) is 0 Å². The minimum Gasteiger partial charge on any atom is -0.493 e. The molecule has 0 heterocycles. The van der Waals surface area contributed by atoms with E-state index in [1.807, 2.05) is 13.0 Å². The van der Waals surface area contributed by atoms with Crippen molar-refractivity contribution in [2.75, 3.05) is 14.2 Å². The first-order valence-electron chi connectivity index (χ1n) is 6.00. The number of nitrogens with two attached hydrogens (primary N) is 1. The lowest BCUT2D eigenvalue weighted by Gasteiger charge is -2.17. The van der Waals surface area contributed by atoms with Gasteiger partial charge in [-0.1, -0.05) is 19.9 Å². The summed E-state index contributed by atoms with van der Waals surface area (Å²) in [5.41, 5.74) is 8.23. The lowest BCUT2D eigenvalue weighted by atomic mass is 9.96. The van der Waals surface area contributed by atoms with E-state index in [1.165, 1.54) is 5.56 Å². The second-order valence-corrected chi connectivity index (χ2v) is 4.75. The van der Waals surface area contributed by atoms with Crippen LogP contribution in [0.25, 0.3) is 0 Å². The normalized spacial score (nSPS) is 12.6. The van der Waals surface area contributed by atoms with E-state index >= 15 is 0 Å². The maximum atomic E-state index is 5.87. The fourth-order valence-electron chi connectivity index (χ4n) is 1.90. The molecule has 0 saturated carbocycles. The first kappa shape index (κ1) is 13.8. The van der Waals surface area contributed by atoms with E-state index < -0.39 is 0 Å². The topological polar surface area (TPSA) is 44.5 Å². The van der Waals surface area contributed by atoms with Gasteiger partial charge >= 0.3 is 0 Å². The summed E-state index contributed by atoms with van der Waals surface area (Å²) in [4.78, 5) is 0. The molecule has 3 nitrogen and oxygen atoms in total. The maximum absolute atomic E-state index is 5.87. The summed E-state index contributed by atoms with van der Waals surface area (Å²) in [5.74, 6) is 2.05. The van der Waals surface area contributed by atoms with Gasteiger partial charge in [0, 0.05) is 6.04 Å². The van der Waals surface area contributed by atoms with Gasteiger partial charge in [-0.3, -0.25) is 0 Å². The highest BCUT2D eigenvalue weighted by atomic mass is 16.5. The number of hydrogen-bond acceptors (Lipinski definition) is 3. The molecule has 1 rings (SSSR count). The summed E-state index contributed by atoms with van der Waals surface area (Å²) < 4.78 is 10.8. The molecule has 1 aromatic carbocycles. The van der Waals surface area contributed by atoms with Crippen LogP contribution in [-0.2, 0) is 6.42 Å². The average Bonchev–Trinajstić information content (AvgIpc) is 2.26. The monoisotopic (exact) mass is 237 g/mol. The Morgan fingerprint density at radius 3 is 2.18 bits per heavy atom. The molecule has 0 aliphatic heterocycles. The Balaban J connectivity index is 3.26. The third-order valence-electron chi connectivity index (χ3n) is 2.79. The molecule has 0 aromatic heterocycles. The zero-order chi connectivity index (χ0) is 13.0. The van der Waals surface area contributed by atoms with Gasteiger partial charge in [0.25, 0.3) is 0 Å². The van der Waals surface area contributed by atoms with E-state index in [-0.39, 0.29) is 6.04 Å². The Morgan fingerprint density at radius 2 is 1.76 bits per heavy atom. The lowest BCUT2D eigenvalue weighted by molar-refractivity contribution is 0.350. The van der Waals surface area contributed by atoms with Crippen molar-refractivity contribution in [2.24, 2.45) is 5.73 Å². The van der Waals surface area contributed by atoms with E-state index in [2.05, 4.69) is 19.9 Å². The summed E-state index contributed by atoms with van der Waals surface area (Å²) in [6, 6.07) is 4.31. The van der Waals surface area contributed by atoms with Crippen molar-refractivity contribution in [3.05, 3.63) is 23.3 Å². The summed E-state index contributed by atoms with van der Waals surface area (Å²) in [7, 11) is 3.33. The van der Waals surface area contributed by atoms with Crippen molar-refractivity contribution in [2.45, 2.75) is 39.2 Å². The van der Waals surface area contributed by atoms with Crippen LogP contribution in [0.15, 0.2) is 12.1 Å². The zero-order valence-corrected chi connectivity index (χ0v) is 11.4. The molecule has 3 heteroatoms. The van der Waals surface area contributed by atoms with E-state index in [9.17, 15) is 0 Å². The van der Waals surface area contributed by atoms with Gasteiger partial charge in [-0.15, -0.1) is 0 Å². The quantitative estimate of drug-likeness (QED) is 0.856. The number of methoxy groups -OCH3 is 2. The standard InChI is InChI=1S/C14H23NO2/c1-9(2)11-7-12(6-10(3)15)14(17-5)13(8-11)16-4/h7-10H,6,15H2,1-5H3. The van der Waals surface area contributed by atoms with Crippen LogP contribution in [0.4, 0.5) is 0 Å². The smallest absolute Gasteiger partial charge is 0.163 e. The fourth-order valence-corrected chi connectivity index (χ4v) is 1.90. The summed E-state index contributed by atoms with van der Waals surface area (Å²) >= 11 is 0. The Kier molecular flexibility index (Phi) is 4.82. The van der Waals surface area contributed by atoms with Gasteiger partial charge in [-0.05, 0) is 36.5 Å². The molecule has 96 valence electrons. The van der Waals surface area contributed by atoms with E-state index in [1.54, 1.807) is 14.2 Å². The van der Waals surface area contributed by atoms with E-state index in [0.717, 1.165) is 23.5 Å². The SMILES string of the molecule is COc1cc(C(C)C)cc(CC(C)N)c1OC. The predicted octanol–water partition coefficient (Wildman–Crippen LogP) is 2.72. The molecule has 0 fully saturated rings. The maximum Gasteiger partial charge on any atom is 0.163 e. The number of ether oxygens (including phenoxy) is 2. The van der Waals surface area contributed by atoms with Gasteiger partial charge < -0.3 is 15.2 Å². The first-order valence-corrected chi connectivity index (χ1v) is 6.00. The van der Waals surface area contributed by atoms with Crippen molar-refractivity contribution in [3.8, 4) is 11.5 Å². The molecular weight excluding hydrogens is 214 g/mol. The van der Waals surface area contributed by atoms with Crippen molar-refractivity contribution < 1.29 is 9.47 Å². The van der Waals surface area contributed by atoms with Crippen molar-refractivity contribution in [1.29, 1.82) is 0 Å². The molecule has 0 bridgehead atoms. The molecule has 1 atom stereocenters. The van der Waals surface area contributed by atoms with Crippen LogP contribution >= 0.6 is 0 Å². The van der Waals surface area contributed by atoms with Crippen LogP contribution in [0.5, 0.6) is 11.5 Å². The van der Waals surface area contributed by atoms with Gasteiger partial charge in [0.1, 0.15) is 0 Å². The van der Waals surface area contributed by atoms with Gasteiger partial charge in [-0.2, -0.15) is 0 Å². The molecule has 0 aliphatic rings. The average molecular weight is 237 g/mol. The Hall–Kier alpha value is -1.22. The molecular formula is C14H23NO2. The molecule has 1 aromatic rings.